The predicted octanol–water partition coefficient (Wildman–Crippen LogP) is 3.34. The summed E-state index contributed by atoms with van der Waals surface area (Å²) in [5, 5.41) is 13.7. The number of para-hydroxylation sites is 1. The number of nitro groups is 1. The first kappa shape index (κ1) is 19.2. The molecule has 1 N–H and O–H groups in total. The second-order valence-corrected chi connectivity index (χ2v) is 6.63. The molecule has 1 heterocycles. The zero-order valence-corrected chi connectivity index (χ0v) is 15.5. The third-order valence-electron chi connectivity index (χ3n) is 4.84. The largest absolute Gasteiger partial charge is 0.324 e. The molecule has 0 saturated carbocycles. The zero-order valence-electron chi connectivity index (χ0n) is 15.5. The maximum Gasteiger partial charge on any atom is 0.270 e. The highest BCUT2D eigenvalue weighted by molar-refractivity contribution is 6.23. The van der Waals surface area contributed by atoms with Gasteiger partial charge in [-0.1, -0.05) is 32.0 Å². The van der Waals surface area contributed by atoms with E-state index >= 15 is 0 Å². The molecule has 1 aliphatic rings. The maximum absolute atomic E-state index is 12.5. The van der Waals surface area contributed by atoms with Gasteiger partial charge in [0.05, 0.1) is 16.1 Å². The van der Waals surface area contributed by atoms with Crippen LogP contribution in [-0.4, -0.2) is 34.1 Å². The molecule has 0 saturated heterocycles. The van der Waals surface area contributed by atoms with Gasteiger partial charge < -0.3 is 5.32 Å². The molecule has 3 amide bonds. The van der Waals surface area contributed by atoms with Crippen molar-refractivity contribution in [2.45, 2.75) is 26.2 Å². The number of non-ortho nitro benzene ring substituents is 1. The summed E-state index contributed by atoms with van der Waals surface area (Å²) in [6, 6.07) is 10.8. The molecule has 0 aromatic heterocycles. The topological polar surface area (TPSA) is 110 Å². The molecule has 28 heavy (non-hydrogen) atoms. The smallest absolute Gasteiger partial charge is 0.270 e. The number of fused-ring (bicyclic) bond motifs is 1. The van der Waals surface area contributed by atoms with E-state index in [4.69, 9.17) is 0 Å². The molecule has 0 aliphatic carbocycles. The molecule has 0 spiro atoms. The van der Waals surface area contributed by atoms with Gasteiger partial charge in [-0.3, -0.25) is 29.4 Å². The highest BCUT2D eigenvalue weighted by Gasteiger charge is 2.37. The van der Waals surface area contributed by atoms with Gasteiger partial charge in [-0.05, 0) is 30.0 Å². The van der Waals surface area contributed by atoms with Crippen LogP contribution in [0, 0.1) is 10.1 Å². The number of amides is 3. The minimum atomic E-state index is -0.714. The van der Waals surface area contributed by atoms with Gasteiger partial charge >= 0.3 is 0 Å². The number of rotatable bonds is 6. The molecular formula is C20H19N3O5. The second kappa shape index (κ2) is 7.59. The van der Waals surface area contributed by atoms with Crippen molar-refractivity contribution in [2.75, 3.05) is 11.9 Å². The molecule has 8 nitrogen and oxygen atoms in total. The van der Waals surface area contributed by atoms with Gasteiger partial charge in [-0.15, -0.1) is 0 Å². The summed E-state index contributed by atoms with van der Waals surface area (Å²) in [5.41, 5.74) is 1.31. The van der Waals surface area contributed by atoms with Crippen molar-refractivity contribution in [1.29, 1.82) is 0 Å². The highest BCUT2D eigenvalue weighted by atomic mass is 16.6. The number of nitrogens with zero attached hydrogens (tertiary/aromatic N) is 2. The Morgan fingerprint density at radius 3 is 2.50 bits per heavy atom. The Labute approximate surface area is 161 Å². The van der Waals surface area contributed by atoms with Crippen LogP contribution in [0.15, 0.2) is 42.5 Å². The fourth-order valence-corrected chi connectivity index (χ4v) is 3.13. The van der Waals surface area contributed by atoms with E-state index in [2.05, 4.69) is 5.32 Å². The van der Waals surface area contributed by atoms with Gasteiger partial charge in [-0.25, -0.2) is 0 Å². The molecule has 1 atom stereocenters. The van der Waals surface area contributed by atoms with Crippen LogP contribution in [0.25, 0.3) is 0 Å². The van der Waals surface area contributed by atoms with Gasteiger partial charge in [0, 0.05) is 17.8 Å². The highest BCUT2D eigenvalue weighted by Crippen LogP contribution is 2.28. The van der Waals surface area contributed by atoms with Crippen molar-refractivity contribution in [3.05, 3.63) is 69.3 Å². The molecule has 3 rings (SSSR count). The molecule has 144 valence electrons. The maximum atomic E-state index is 12.5. The minimum Gasteiger partial charge on any atom is -0.324 e. The van der Waals surface area contributed by atoms with Crippen LogP contribution in [0.2, 0.25) is 0 Å². The fourth-order valence-electron chi connectivity index (χ4n) is 3.13. The summed E-state index contributed by atoms with van der Waals surface area (Å²) in [4.78, 5) is 48.5. The molecule has 0 bridgehead atoms. The Morgan fingerprint density at radius 2 is 1.82 bits per heavy atom. The summed E-state index contributed by atoms with van der Waals surface area (Å²) in [7, 11) is 0. The number of carbonyl (C=O) groups excluding carboxylic acids is 3. The average Bonchev–Trinajstić information content (AvgIpc) is 2.92. The molecule has 2 aromatic rings. The first-order valence-corrected chi connectivity index (χ1v) is 8.86. The number of nitrogens with one attached hydrogen (secondary N) is 1. The standard InChI is InChI=1S/C20H19N3O5/c1-3-12(2)14-6-4-5-7-17(14)21-18(24)11-22-19(25)15-9-8-13(23(27)28)10-16(15)20(22)26/h4-10,12H,3,11H2,1-2H3,(H,21,24). The third kappa shape index (κ3) is 3.48. The third-order valence-corrected chi connectivity index (χ3v) is 4.84. The zero-order chi connectivity index (χ0) is 20.4. The Kier molecular flexibility index (Phi) is 5.21. The summed E-state index contributed by atoms with van der Waals surface area (Å²) in [6.07, 6.45) is 0.893. The molecular weight excluding hydrogens is 362 g/mol. The van der Waals surface area contributed by atoms with E-state index in [9.17, 15) is 24.5 Å². The SMILES string of the molecule is CCC(C)c1ccccc1NC(=O)CN1C(=O)c2ccc([N+](=O)[O-])cc2C1=O. The van der Waals surface area contributed by atoms with Gasteiger partial charge in [0.1, 0.15) is 6.54 Å². The lowest BCUT2D eigenvalue weighted by molar-refractivity contribution is -0.384. The van der Waals surface area contributed by atoms with E-state index in [1.54, 1.807) is 12.1 Å². The van der Waals surface area contributed by atoms with E-state index in [-0.39, 0.29) is 22.7 Å². The Hall–Kier alpha value is -3.55. The van der Waals surface area contributed by atoms with Gasteiger partial charge in [-0.2, -0.15) is 0 Å². The van der Waals surface area contributed by atoms with Crippen molar-refractivity contribution in [3.8, 4) is 0 Å². The number of anilines is 1. The number of hydrogen-bond acceptors (Lipinski definition) is 5. The van der Waals surface area contributed by atoms with Crippen LogP contribution in [-0.2, 0) is 4.79 Å². The van der Waals surface area contributed by atoms with Crippen molar-refractivity contribution in [1.82, 2.24) is 4.90 Å². The average molecular weight is 381 g/mol. The lowest BCUT2D eigenvalue weighted by Gasteiger charge is -2.17. The molecule has 0 fully saturated rings. The Bertz CT molecular complexity index is 986. The summed E-state index contributed by atoms with van der Waals surface area (Å²) >= 11 is 0. The van der Waals surface area contributed by atoms with Crippen LogP contribution < -0.4 is 5.32 Å². The molecule has 8 heteroatoms. The van der Waals surface area contributed by atoms with Crippen molar-refractivity contribution in [2.24, 2.45) is 0 Å². The number of hydrogen-bond donors (Lipinski definition) is 1. The number of carbonyl (C=O) groups is 3. The molecule has 0 radical (unpaired) electrons. The van der Waals surface area contributed by atoms with E-state index in [1.165, 1.54) is 6.07 Å². The first-order chi connectivity index (χ1) is 13.3. The lowest BCUT2D eigenvalue weighted by Crippen LogP contribution is -2.37. The number of nitro benzene ring substituents is 1. The minimum absolute atomic E-state index is 0.0587. The summed E-state index contributed by atoms with van der Waals surface area (Å²) in [6.45, 7) is 3.62. The fraction of sp³-hybridized carbons (Fsp3) is 0.250. The van der Waals surface area contributed by atoms with Gasteiger partial charge in [0.15, 0.2) is 0 Å². The first-order valence-electron chi connectivity index (χ1n) is 8.86. The van der Waals surface area contributed by atoms with Crippen LogP contribution in [0.1, 0.15) is 52.5 Å². The Morgan fingerprint density at radius 1 is 1.14 bits per heavy atom. The van der Waals surface area contributed by atoms with Gasteiger partial charge in [0.25, 0.3) is 17.5 Å². The van der Waals surface area contributed by atoms with Crippen molar-refractivity contribution >= 4 is 29.1 Å². The van der Waals surface area contributed by atoms with E-state index < -0.39 is 29.2 Å². The Balaban J connectivity index is 1.78. The van der Waals surface area contributed by atoms with Crippen LogP contribution >= 0.6 is 0 Å². The summed E-state index contributed by atoms with van der Waals surface area (Å²) < 4.78 is 0. The number of benzene rings is 2. The van der Waals surface area contributed by atoms with Crippen molar-refractivity contribution in [3.63, 3.8) is 0 Å². The second-order valence-electron chi connectivity index (χ2n) is 6.63. The normalized spacial score (nSPS) is 14.0. The van der Waals surface area contributed by atoms with Crippen molar-refractivity contribution < 1.29 is 19.3 Å². The lowest BCUT2D eigenvalue weighted by atomic mass is 9.97. The summed E-state index contributed by atoms with van der Waals surface area (Å²) in [5.74, 6) is -1.63. The molecule has 1 unspecified atom stereocenters. The van der Waals surface area contributed by atoms with Crippen LogP contribution in [0.5, 0.6) is 0 Å². The molecule has 2 aromatic carbocycles. The van der Waals surface area contributed by atoms with E-state index in [1.807, 2.05) is 26.0 Å². The van der Waals surface area contributed by atoms with Crippen LogP contribution in [0.4, 0.5) is 11.4 Å². The quantitative estimate of drug-likeness (QED) is 0.469. The van der Waals surface area contributed by atoms with E-state index in [0.29, 0.717) is 5.69 Å². The number of imide groups is 1. The monoisotopic (exact) mass is 381 g/mol. The van der Waals surface area contributed by atoms with E-state index in [0.717, 1.165) is 29.0 Å². The molecule has 1 aliphatic heterocycles. The van der Waals surface area contributed by atoms with Crippen LogP contribution in [0.3, 0.4) is 0 Å². The van der Waals surface area contributed by atoms with Gasteiger partial charge in [0.2, 0.25) is 5.91 Å². The predicted molar refractivity (Wildman–Crippen MR) is 102 cm³/mol.